The van der Waals surface area contributed by atoms with Crippen molar-refractivity contribution in [3.63, 3.8) is 0 Å². The molecule has 0 aliphatic heterocycles. The fourth-order valence-electron chi connectivity index (χ4n) is 1.93. The lowest BCUT2D eigenvalue weighted by Crippen LogP contribution is -2.38. The third-order valence-corrected chi connectivity index (χ3v) is 2.57. The van der Waals surface area contributed by atoms with Crippen molar-refractivity contribution in [2.24, 2.45) is 0 Å². The molecule has 0 spiro atoms. The number of nitrogens with zero attached hydrogens (tertiary/aromatic N) is 1. The normalized spacial score (nSPS) is 11.5. The van der Waals surface area contributed by atoms with E-state index in [0.717, 1.165) is 18.5 Å². The molecule has 1 heterocycles. The highest BCUT2D eigenvalue weighted by Gasteiger charge is 2.21. The van der Waals surface area contributed by atoms with Crippen molar-refractivity contribution in [3.8, 4) is 0 Å². The first kappa shape index (κ1) is 13.5. The summed E-state index contributed by atoms with van der Waals surface area (Å²) in [7, 11) is 0. The van der Waals surface area contributed by atoms with Crippen molar-refractivity contribution in [3.05, 3.63) is 33.7 Å². The number of carbonyl (C=O) groups is 1. The van der Waals surface area contributed by atoms with Gasteiger partial charge in [-0.2, -0.15) is 0 Å². The Bertz CT molecular complexity index is 480. The molecule has 4 nitrogen and oxygen atoms in total. The van der Waals surface area contributed by atoms with Gasteiger partial charge in [0.2, 0.25) is 0 Å². The molecule has 0 radical (unpaired) electrons. The summed E-state index contributed by atoms with van der Waals surface area (Å²) in [6, 6.07) is 3.14. The van der Waals surface area contributed by atoms with Gasteiger partial charge in [-0.25, -0.2) is 4.79 Å². The van der Waals surface area contributed by atoms with E-state index in [1.54, 1.807) is 10.6 Å². The predicted octanol–water partition coefficient (Wildman–Crippen LogP) is 2.25. The van der Waals surface area contributed by atoms with Crippen LogP contribution in [0.1, 0.15) is 50.2 Å². The number of hydrogen-bond donors (Lipinski definition) is 1. The first-order chi connectivity index (χ1) is 7.79. The minimum absolute atomic E-state index is 0.167. The van der Waals surface area contributed by atoms with Crippen LogP contribution in [0.5, 0.6) is 0 Å². The zero-order chi connectivity index (χ0) is 13.2. The van der Waals surface area contributed by atoms with Crippen LogP contribution in [0.15, 0.2) is 16.9 Å². The number of carboxylic acids is 1. The average Bonchev–Trinajstić information content (AvgIpc) is 2.15. The molecule has 4 heteroatoms. The lowest BCUT2D eigenvalue weighted by Gasteiger charge is -2.26. The number of aromatic carboxylic acids is 1. The largest absolute Gasteiger partial charge is 0.477 e. The fourth-order valence-corrected chi connectivity index (χ4v) is 1.93. The molecule has 0 saturated carbocycles. The molecule has 17 heavy (non-hydrogen) atoms. The monoisotopic (exact) mass is 237 g/mol. The van der Waals surface area contributed by atoms with Gasteiger partial charge in [-0.05, 0) is 39.3 Å². The van der Waals surface area contributed by atoms with Crippen LogP contribution in [0, 0.1) is 0 Å². The average molecular weight is 237 g/mol. The summed E-state index contributed by atoms with van der Waals surface area (Å²) < 4.78 is 1.58. The van der Waals surface area contributed by atoms with Gasteiger partial charge in [0.05, 0.1) is 0 Å². The molecule has 0 bridgehead atoms. The molecular formula is C13H19NO3. The Hall–Kier alpha value is -1.58. The van der Waals surface area contributed by atoms with E-state index in [1.807, 2.05) is 27.7 Å². The summed E-state index contributed by atoms with van der Waals surface area (Å²) >= 11 is 0. The highest BCUT2D eigenvalue weighted by Crippen LogP contribution is 2.16. The Kier molecular flexibility index (Phi) is 3.76. The van der Waals surface area contributed by atoms with Crippen molar-refractivity contribution >= 4 is 5.97 Å². The smallest absolute Gasteiger partial charge is 0.341 e. The zero-order valence-corrected chi connectivity index (χ0v) is 10.8. The highest BCUT2D eigenvalue weighted by atomic mass is 16.4. The van der Waals surface area contributed by atoms with E-state index >= 15 is 0 Å². The van der Waals surface area contributed by atoms with Crippen molar-refractivity contribution in [1.29, 1.82) is 0 Å². The molecule has 0 atom stereocenters. The van der Waals surface area contributed by atoms with Gasteiger partial charge in [-0.1, -0.05) is 13.3 Å². The summed E-state index contributed by atoms with van der Waals surface area (Å²) in [4.78, 5) is 23.1. The second kappa shape index (κ2) is 4.73. The standard InChI is InChI=1S/C13H19NO3/c1-5-6-9-7-8-10(12(16)17)11(15)14(9)13(2,3)4/h7-8H,5-6H2,1-4H3,(H,16,17). The predicted molar refractivity (Wildman–Crippen MR) is 66.7 cm³/mol. The van der Waals surface area contributed by atoms with E-state index in [0.29, 0.717) is 0 Å². The van der Waals surface area contributed by atoms with Crippen LogP contribution in [-0.2, 0) is 12.0 Å². The van der Waals surface area contributed by atoms with E-state index < -0.39 is 17.1 Å². The van der Waals surface area contributed by atoms with Gasteiger partial charge in [0, 0.05) is 11.2 Å². The Morgan fingerprint density at radius 2 is 1.94 bits per heavy atom. The molecule has 0 aromatic carbocycles. The lowest BCUT2D eigenvalue weighted by atomic mass is 10.0. The first-order valence-electron chi connectivity index (χ1n) is 5.77. The third-order valence-electron chi connectivity index (χ3n) is 2.57. The van der Waals surface area contributed by atoms with E-state index in [4.69, 9.17) is 5.11 Å². The van der Waals surface area contributed by atoms with Gasteiger partial charge in [0.15, 0.2) is 0 Å². The van der Waals surface area contributed by atoms with Crippen molar-refractivity contribution in [1.82, 2.24) is 4.57 Å². The van der Waals surface area contributed by atoms with E-state index in [-0.39, 0.29) is 5.56 Å². The van der Waals surface area contributed by atoms with Gasteiger partial charge in [-0.3, -0.25) is 4.79 Å². The number of aryl methyl sites for hydroxylation is 1. The van der Waals surface area contributed by atoms with Crippen LogP contribution in [0.4, 0.5) is 0 Å². The molecule has 0 fully saturated rings. The van der Waals surface area contributed by atoms with Crippen molar-refractivity contribution < 1.29 is 9.90 Å². The molecule has 1 rings (SSSR count). The zero-order valence-electron chi connectivity index (χ0n) is 10.8. The van der Waals surface area contributed by atoms with Gasteiger partial charge >= 0.3 is 5.97 Å². The molecule has 1 N–H and O–H groups in total. The molecule has 0 aliphatic rings. The summed E-state index contributed by atoms with van der Waals surface area (Å²) in [6.45, 7) is 7.74. The molecular weight excluding hydrogens is 218 g/mol. The minimum atomic E-state index is -1.17. The van der Waals surface area contributed by atoms with E-state index in [1.165, 1.54) is 6.07 Å². The molecule has 0 unspecified atom stereocenters. The molecule has 0 amide bonds. The fraction of sp³-hybridized carbons (Fsp3) is 0.538. The summed E-state index contributed by atoms with van der Waals surface area (Å²) in [5.74, 6) is -1.17. The lowest BCUT2D eigenvalue weighted by molar-refractivity contribution is 0.0693. The van der Waals surface area contributed by atoms with E-state index in [2.05, 4.69) is 0 Å². The summed E-state index contributed by atoms with van der Waals surface area (Å²) in [5, 5.41) is 8.96. The maximum atomic E-state index is 12.1. The number of pyridine rings is 1. The summed E-state index contributed by atoms with van der Waals surface area (Å²) in [6.07, 6.45) is 1.69. The van der Waals surface area contributed by atoms with Gasteiger partial charge in [-0.15, -0.1) is 0 Å². The van der Waals surface area contributed by atoms with Crippen LogP contribution in [0.25, 0.3) is 0 Å². The molecule has 0 saturated heterocycles. The molecule has 1 aromatic heterocycles. The number of aromatic nitrogens is 1. The number of rotatable bonds is 3. The first-order valence-corrected chi connectivity index (χ1v) is 5.77. The maximum Gasteiger partial charge on any atom is 0.341 e. The highest BCUT2D eigenvalue weighted by molar-refractivity contribution is 5.87. The van der Waals surface area contributed by atoms with Crippen LogP contribution < -0.4 is 5.56 Å². The van der Waals surface area contributed by atoms with Crippen LogP contribution in [0.3, 0.4) is 0 Å². The topological polar surface area (TPSA) is 59.3 Å². The van der Waals surface area contributed by atoms with Crippen molar-refractivity contribution in [2.75, 3.05) is 0 Å². The van der Waals surface area contributed by atoms with Gasteiger partial charge in [0.1, 0.15) is 5.56 Å². The Balaban J connectivity index is 3.54. The van der Waals surface area contributed by atoms with Crippen LogP contribution in [0.2, 0.25) is 0 Å². The Morgan fingerprint density at radius 3 is 2.35 bits per heavy atom. The van der Waals surface area contributed by atoms with Gasteiger partial charge in [0.25, 0.3) is 5.56 Å². The van der Waals surface area contributed by atoms with Gasteiger partial charge < -0.3 is 9.67 Å². The van der Waals surface area contributed by atoms with Crippen LogP contribution >= 0.6 is 0 Å². The Labute approximate surface area is 101 Å². The van der Waals surface area contributed by atoms with Crippen LogP contribution in [-0.4, -0.2) is 15.6 Å². The summed E-state index contributed by atoms with van der Waals surface area (Å²) in [5.41, 5.74) is -0.113. The second-order valence-corrected chi connectivity index (χ2v) is 5.10. The second-order valence-electron chi connectivity index (χ2n) is 5.10. The quantitative estimate of drug-likeness (QED) is 0.877. The van der Waals surface area contributed by atoms with Crippen molar-refractivity contribution in [2.45, 2.75) is 46.1 Å². The minimum Gasteiger partial charge on any atom is -0.477 e. The molecule has 94 valence electrons. The number of carboxylic acid groups (broad SMARTS) is 1. The SMILES string of the molecule is CCCc1ccc(C(=O)O)c(=O)n1C(C)(C)C. The van der Waals surface area contributed by atoms with E-state index in [9.17, 15) is 9.59 Å². The molecule has 1 aromatic rings. The third kappa shape index (κ3) is 2.75. The number of hydrogen-bond acceptors (Lipinski definition) is 2. The Morgan fingerprint density at radius 1 is 1.35 bits per heavy atom. The molecule has 0 aliphatic carbocycles. The maximum absolute atomic E-state index is 12.1.